The van der Waals surface area contributed by atoms with Crippen LogP contribution in [0, 0.1) is 0 Å². The van der Waals surface area contributed by atoms with Gasteiger partial charge in [0, 0.05) is 18.7 Å². The summed E-state index contributed by atoms with van der Waals surface area (Å²) in [5.41, 5.74) is 1.21. The Hall–Kier alpha value is -1.26. The number of fused-ring (bicyclic) bond motifs is 1. The van der Waals surface area contributed by atoms with E-state index in [1.54, 1.807) is 0 Å². The Bertz CT molecular complexity index is 501. The van der Waals surface area contributed by atoms with Crippen molar-refractivity contribution in [2.45, 2.75) is 51.3 Å². The Morgan fingerprint density at radius 3 is 2.67 bits per heavy atom. The van der Waals surface area contributed by atoms with Gasteiger partial charge in [0.25, 0.3) is 0 Å². The third kappa shape index (κ3) is 3.50. The zero-order chi connectivity index (χ0) is 14.9. The molecular weight excluding hydrogens is 266 g/mol. The van der Waals surface area contributed by atoms with Gasteiger partial charge < -0.3 is 19.5 Å². The summed E-state index contributed by atoms with van der Waals surface area (Å²) in [5, 5.41) is 3.72. The summed E-state index contributed by atoms with van der Waals surface area (Å²) in [4.78, 5) is 0. The van der Waals surface area contributed by atoms with Crippen LogP contribution in [0.25, 0.3) is 0 Å². The number of nitrogens with one attached hydrogen (secondary N) is 1. The number of rotatable bonds is 3. The first-order valence-corrected chi connectivity index (χ1v) is 7.83. The maximum Gasteiger partial charge on any atom is 0.161 e. The van der Waals surface area contributed by atoms with E-state index in [-0.39, 0.29) is 5.60 Å². The minimum absolute atomic E-state index is 0.0254. The highest BCUT2D eigenvalue weighted by Crippen LogP contribution is 2.33. The lowest BCUT2D eigenvalue weighted by Crippen LogP contribution is -2.44. The van der Waals surface area contributed by atoms with E-state index in [0.717, 1.165) is 30.9 Å². The molecule has 0 amide bonds. The lowest BCUT2D eigenvalue weighted by molar-refractivity contribution is -0.0640. The molecule has 0 radical (unpaired) electrons. The molecule has 0 aromatic heterocycles. The van der Waals surface area contributed by atoms with Crippen molar-refractivity contribution in [3.63, 3.8) is 0 Å². The number of hydrogen-bond donors (Lipinski definition) is 1. The maximum absolute atomic E-state index is 5.78. The second kappa shape index (κ2) is 5.85. The molecule has 1 fully saturated rings. The van der Waals surface area contributed by atoms with Gasteiger partial charge in [0.05, 0.1) is 5.60 Å². The zero-order valence-electron chi connectivity index (χ0n) is 13.1. The van der Waals surface area contributed by atoms with E-state index in [1.807, 2.05) is 6.07 Å². The molecule has 3 rings (SSSR count). The van der Waals surface area contributed by atoms with Gasteiger partial charge in [-0.1, -0.05) is 6.07 Å². The van der Waals surface area contributed by atoms with Gasteiger partial charge >= 0.3 is 0 Å². The smallest absolute Gasteiger partial charge is 0.161 e. The van der Waals surface area contributed by atoms with Gasteiger partial charge in [-0.15, -0.1) is 0 Å². The van der Waals surface area contributed by atoms with Crippen molar-refractivity contribution in [3.05, 3.63) is 23.8 Å². The highest BCUT2D eigenvalue weighted by Gasteiger charge is 2.29. The SMILES string of the molecule is CC(NC1CCOC(C)(C)C1)c1ccc2c(c1)OCCO2. The van der Waals surface area contributed by atoms with E-state index in [1.165, 1.54) is 5.56 Å². The Morgan fingerprint density at radius 1 is 1.14 bits per heavy atom. The standard InChI is InChI=1S/C17H25NO3/c1-12(18-14-6-7-21-17(2,3)11-14)13-4-5-15-16(10-13)20-9-8-19-15/h4-5,10,12,14,18H,6-9,11H2,1-3H3. The second-order valence-electron chi connectivity index (χ2n) is 6.59. The van der Waals surface area contributed by atoms with Crippen LogP contribution in [-0.2, 0) is 4.74 Å². The molecular formula is C17H25NO3. The monoisotopic (exact) mass is 291 g/mol. The number of hydrogen-bond acceptors (Lipinski definition) is 4. The fourth-order valence-electron chi connectivity index (χ4n) is 3.15. The molecule has 2 aliphatic heterocycles. The molecule has 0 spiro atoms. The van der Waals surface area contributed by atoms with Crippen LogP contribution in [0.4, 0.5) is 0 Å². The van der Waals surface area contributed by atoms with Crippen LogP contribution < -0.4 is 14.8 Å². The molecule has 2 heterocycles. The molecule has 1 saturated heterocycles. The normalized spacial score (nSPS) is 25.4. The molecule has 1 aromatic rings. The predicted octanol–water partition coefficient (Wildman–Crippen LogP) is 3.07. The molecule has 2 aliphatic rings. The van der Waals surface area contributed by atoms with E-state index in [4.69, 9.17) is 14.2 Å². The van der Waals surface area contributed by atoms with Gasteiger partial charge in [0.15, 0.2) is 11.5 Å². The van der Waals surface area contributed by atoms with Gasteiger partial charge in [-0.2, -0.15) is 0 Å². The maximum atomic E-state index is 5.78. The van der Waals surface area contributed by atoms with E-state index in [2.05, 4.69) is 38.2 Å². The first-order valence-electron chi connectivity index (χ1n) is 7.83. The minimum atomic E-state index is -0.0254. The third-order valence-corrected chi connectivity index (χ3v) is 4.25. The van der Waals surface area contributed by atoms with Crippen molar-refractivity contribution in [1.82, 2.24) is 5.32 Å². The second-order valence-corrected chi connectivity index (χ2v) is 6.59. The molecule has 4 heteroatoms. The van der Waals surface area contributed by atoms with E-state index in [0.29, 0.717) is 25.3 Å². The number of ether oxygens (including phenoxy) is 3. The van der Waals surface area contributed by atoms with Crippen molar-refractivity contribution in [2.24, 2.45) is 0 Å². The van der Waals surface area contributed by atoms with Crippen molar-refractivity contribution in [3.8, 4) is 11.5 Å². The first-order chi connectivity index (χ1) is 10.0. The molecule has 1 aromatic carbocycles. The topological polar surface area (TPSA) is 39.7 Å². The molecule has 21 heavy (non-hydrogen) atoms. The summed E-state index contributed by atoms with van der Waals surface area (Å²) in [5.74, 6) is 1.71. The van der Waals surface area contributed by atoms with E-state index < -0.39 is 0 Å². The van der Waals surface area contributed by atoms with E-state index in [9.17, 15) is 0 Å². The van der Waals surface area contributed by atoms with Crippen LogP contribution in [0.1, 0.15) is 45.2 Å². The highest BCUT2D eigenvalue weighted by molar-refractivity contribution is 5.44. The van der Waals surface area contributed by atoms with Gasteiger partial charge in [-0.25, -0.2) is 0 Å². The summed E-state index contributed by atoms with van der Waals surface area (Å²) in [7, 11) is 0. The third-order valence-electron chi connectivity index (χ3n) is 4.25. The highest BCUT2D eigenvalue weighted by atomic mass is 16.6. The molecule has 4 nitrogen and oxygen atoms in total. The average Bonchev–Trinajstić information content (AvgIpc) is 2.45. The van der Waals surface area contributed by atoms with Crippen LogP contribution in [0.3, 0.4) is 0 Å². The van der Waals surface area contributed by atoms with E-state index >= 15 is 0 Å². The van der Waals surface area contributed by atoms with Crippen LogP contribution in [0.2, 0.25) is 0 Å². The Morgan fingerprint density at radius 2 is 1.90 bits per heavy atom. The first kappa shape index (κ1) is 14.7. The summed E-state index contributed by atoms with van der Waals surface area (Å²) < 4.78 is 17.0. The summed E-state index contributed by atoms with van der Waals surface area (Å²) >= 11 is 0. The molecule has 2 atom stereocenters. The van der Waals surface area contributed by atoms with Crippen LogP contribution in [0.15, 0.2) is 18.2 Å². The summed E-state index contributed by atoms with van der Waals surface area (Å²) in [6.07, 6.45) is 2.11. The van der Waals surface area contributed by atoms with Gasteiger partial charge in [0.2, 0.25) is 0 Å². The molecule has 1 N–H and O–H groups in total. The van der Waals surface area contributed by atoms with Crippen molar-refractivity contribution in [1.29, 1.82) is 0 Å². The van der Waals surface area contributed by atoms with Gasteiger partial charge in [0.1, 0.15) is 13.2 Å². The van der Waals surface area contributed by atoms with Gasteiger partial charge in [-0.3, -0.25) is 0 Å². The fourth-order valence-corrected chi connectivity index (χ4v) is 3.15. The van der Waals surface area contributed by atoms with Crippen molar-refractivity contribution < 1.29 is 14.2 Å². The fraction of sp³-hybridized carbons (Fsp3) is 0.647. The number of benzene rings is 1. The molecule has 2 unspecified atom stereocenters. The average molecular weight is 291 g/mol. The quantitative estimate of drug-likeness (QED) is 0.929. The zero-order valence-corrected chi connectivity index (χ0v) is 13.1. The van der Waals surface area contributed by atoms with Crippen molar-refractivity contribution >= 4 is 0 Å². The molecule has 0 bridgehead atoms. The lowest BCUT2D eigenvalue weighted by atomic mass is 9.93. The van der Waals surface area contributed by atoms with Gasteiger partial charge in [-0.05, 0) is 51.3 Å². The summed E-state index contributed by atoms with van der Waals surface area (Å²) in [6.45, 7) is 8.63. The molecule has 116 valence electrons. The Kier molecular flexibility index (Phi) is 4.09. The van der Waals surface area contributed by atoms with Crippen LogP contribution in [0.5, 0.6) is 11.5 Å². The summed E-state index contributed by atoms with van der Waals surface area (Å²) in [6, 6.07) is 7.01. The largest absolute Gasteiger partial charge is 0.486 e. The van der Waals surface area contributed by atoms with Crippen molar-refractivity contribution in [2.75, 3.05) is 19.8 Å². The van der Waals surface area contributed by atoms with Crippen LogP contribution >= 0.6 is 0 Å². The Labute approximate surface area is 126 Å². The molecule has 0 aliphatic carbocycles. The minimum Gasteiger partial charge on any atom is -0.486 e. The predicted molar refractivity (Wildman–Crippen MR) is 82.0 cm³/mol. The Balaban J connectivity index is 1.66. The van der Waals surface area contributed by atoms with Crippen LogP contribution in [-0.4, -0.2) is 31.5 Å². The lowest BCUT2D eigenvalue weighted by Gasteiger charge is -2.37. The molecule has 0 saturated carbocycles.